The predicted octanol–water partition coefficient (Wildman–Crippen LogP) is -1.22. The van der Waals surface area contributed by atoms with E-state index in [4.69, 9.17) is 5.11 Å². The van der Waals surface area contributed by atoms with Gasteiger partial charge in [0.1, 0.15) is 12.7 Å². The van der Waals surface area contributed by atoms with Gasteiger partial charge < -0.3 is 10.4 Å². The first-order valence-electron chi connectivity index (χ1n) is 3.60. The number of nitrogens with one attached hydrogen (secondary N) is 1. The number of aromatic nitrogens is 3. The molecular weight excluding hydrogens is 144 g/mol. The molecule has 1 aromatic heterocycles. The Morgan fingerprint density at radius 1 is 1.73 bits per heavy atom. The predicted molar refractivity (Wildman–Crippen MR) is 37.9 cm³/mol. The highest BCUT2D eigenvalue weighted by Gasteiger charge is 2.31. The summed E-state index contributed by atoms with van der Waals surface area (Å²) in [7, 11) is 0. The average molecular weight is 154 g/mol. The van der Waals surface area contributed by atoms with Gasteiger partial charge in [-0.1, -0.05) is 0 Å². The van der Waals surface area contributed by atoms with Crippen LogP contribution in [0.25, 0.3) is 0 Å². The molecule has 0 saturated carbocycles. The van der Waals surface area contributed by atoms with E-state index in [1.165, 1.54) is 6.33 Å². The van der Waals surface area contributed by atoms with Crippen molar-refractivity contribution < 1.29 is 5.11 Å². The number of hydrogen-bond acceptors (Lipinski definition) is 4. The van der Waals surface area contributed by atoms with Crippen LogP contribution in [0.5, 0.6) is 0 Å². The fourth-order valence-corrected chi connectivity index (χ4v) is 1.24. The lowest BCUT2D eigenvalue weighted by molar-refractivity contribution is 0.132. The first-order valence-corrected chi connectivity index (χ1v) is 3.60. The van der Waals surface area contributed by atoms with Crippen LogP contribution >= 0.6 is 0 Å². The van der Waals surface area contributed by atoms with Gasteiger partial charge in [-0.05, 0) is 0 Å². The third-order valence-corrected chi connectivity index (χ3v) is 2.03. The maximum atomic E-state index is 8.83. The number of nitrogens with zero attached hydrogens (tertiary/aromatic N) is 3. The molecular formula is C6H10N4O. The lowest BCUT2D eigenvalue weighted by Crippen LogP contribution is -2.55. The quantitative estimate of drug-likeness (QED) is 0.560. The minimum absolute atomic E-state index is 0.150. The van der Waals surface area contributed by atoms with Gasteiger partial charge in [0.05, 0.1) is 18.7 Å². The Balaban J connectivity index is 2.07. The highest BCUT2D eigenvalue weighted by molar-refractivity contribution is 4.91. The first kappa shape index (κ1) is 6.75. The maximum absolute atomic E-state index is 8.83. The van der Waals surface area contributed by atoms with Crippen LogP contribution in [0.1, 0.15) is 6.04 Å². The first-order chi connectivity index (χ1) is 5.42. The van der Waals surface area contributed by atoms with Gasteiger partial charge in [0.25, 0.3) is 0 Å². The average Bonchev–Trinajstić information content (AvgIpc) is 2.39. The molecule has 11 heavy (non-hydrogen) atoms. The number of aliphatic hydroxyl groups excluding tert-OH is 1. The second-order valence-corrected chi connectivity index (χ2v) is 2.64. The zero-order valence-corrected chi connectivity index (χ0v) is 6.01. The van der Waals surface area contributed by atoms with Crippen molar-refractivity contribution in [2.45, 2.75) is 12.1 Å². The summed E-state index contributed by atoms with van der Waals surface area (Å²) in [6, 6.07) is 0.430. The smallest absolute Gasteiger partial charge is 0.137 e. The van der Waals surface area contributed by atoms with E-state index >= 15 is 0 Å². The van der Waals surface area contributed by atoms with Crippen LogP contribution in [0.4, 0.5) is 0 Å². The second kappa shape index (κ2) is 2.60. The third kappa shape index (κ3) is 1.02. The van der Waals surface area contributed by atoms with Crippen molar-refractivity contribution in [1.82, 2.24) is 20.1 Å². The maximum Gasteiger partial charge on any atom is 0.137 e. The van der Waals surface area contributed by atoms with Gasteiger partial charge in [-0.25, -0.2) is 9.67 Å². The standard InChI is InChI=1S/C6H10N4O/c11-2-5-6(1-8-5)10-4-7-3-9-10/h3-6,8,11H,1-2H2/t5-,6-/m1/s1. The molecule has 2 heterocycles. The fourth-order valence-electron chi connectivity index (χ4n) is 1.24. The third-order valence-electron chi connectivity index (χ3n) is 2.03. The lowest BCUT2D eigenvalue weighted by Gasteiger charge is -2.36. The monoisotopic (exact) mass is 154 g/mol. The summed E-state index contributed by atoms with van der Waals surface area (Å²) in [5.41, 5.74) is 0. The summed E-state index contributed by atoms with van der Waals surface area (Å²) >= 11 is 0. The van der Waals surface area contributed by atoms with E-state index in [-0.39, 0.29) is 18.7 Å². The SMILES string of the molecule is OC[C@H]1NC[C@H]1n1cncn1. The van der Waals surface area contributed by atoms with Crippen LogP contribution in [0.15, 0.2) is 12.7 Å². The Hall–Kier alpha value is -0.940. The summed E-state index contributed by atoms with van der Waals surface area (Å²) in [6.45, 7) is 1.03. The molecule has 0 radical (unpaired) electrons. The van der Waals surface area contributed by atoms with Crippen LogP contribution in [-0.4, -0.2) is 39.1 Å². The van der Waals surface area contributed by atoms with E-state index in [0.29, 0.717) is 0 Å². The van der Waals surface area contributed by atoms with Crippen LogP contribution in [0.2, 0.25) is 0 Å². The molecule has 5 nitrogen and oxygen atoms in total. The molecule has 1 aliphatic heterocycles. The van der Waals surface area contributed by atoms with Crippen molar-refractivity contribution in [2.24, 2.45) is 0 Å². The van der Waals surface area contributed by atoms with E-state index in [0.717, 1.165) is 6.54 Å². The topological polar surface area (TPSA) is 63.0 Å². The van der Waals surface area contributed by atoms with Crippen molar-refractivity contribution >= 4 is 0 Å². The Bertz CT molecular complexity index is 220. The molecule has 1 aromatic rings. The molecule has 0 spiro atoms. The molecule has 2 atom stereocenters. The molecule has 5 heteroatoms. The number of rotatable bonds is 2. The fraction of sp³-hybridized carbons (Fsp3) is 0.667. The van der Waals surface area contributed by atoms with Crippen LogP contribution in [-0.2, 0) is 0 Å². The normalized spacial score (nSPS) is 29.9. The summed E-state index contributed by atoms with van der Waals surface area (Å²) in [5.74, 6) is 0. The Labute approximate surface area is 64.1 Å². The van der Waals surface area contributed by atoms with E-state index in [2.05, 4.69) is 15.4 Å². The minimum atomic E-state index is 0.150. The van der Waals surface area contributed by atoms with Gasteiger partial charge in [0, 0.05) is 6.54 Å². The summed E-state index contributed by atoms with van der Waals surface area (Å²) in [4.78, 5) is 3.84. The van der Waals surface area contributed by atoms with E-state index in [1.54, 1.807) is 11.0 Å². The zero-order valence-electron chi connectivity index (χ0n) is 6.01. The Kier molecular flexibility index (Phi) is 1.59. The summed E-state index contributed by atoms with van der Waals surface area (Å²) < 4.78 is 1.78. The van der Waals surface area contributed by atoms with Crippen LogP contribution in [0.3, 0.4) is 0 Å². The lowest BCUT2D eigenvalue weighted by atomic mass is 10.0. The Morgan fingerprint density at radius 2 is 2.64 bits per heavy atom. The van der Waals surface area contributed by atoms with E-state index in [9.17, 15) is 0 Å². The van der Waals surface area contributed by atoms with Gasteiger partial charge in [-0.3, -0.25) is 0 Å². The van der Waals surface area contributed by atoms with E-state index < -0.39 is 0 Å². The highest BCUT2D eigenvalue weighted by Crippen LogP contribution is 2.16. The molecule has 60 valence electrons. The molecule has 2 N–H and O–H groups in total. The van der Waals surface area contributed by atoms with Crippen LogP contribution < -0.4 is 5.32 Å². The van der Waals surface area contributed by atoms with Gasteiger partial charge in [-0.15, -0.1) is 0 Å². The van der Waals surface area contributed by atoms with Gasteiger partial charge >= 0.3 is 0 Å². The molecule has 1 aliphatic rings. The largest absolute Gasteiger partial charge is 0.395 e. The molecule has 2 rings (SSSR count). The molecule has 0 bridgehead atoms. The van der Waals surface area contributed by atoms with Crippen molar-refractivity contribution in [1.29, 1.82) is 0 Å². The molecule has 0 aliphatic carbocycles. The van der Waals surface area contributed by atoms with Gasteiger partial charge in [0.15, 0.2) is 0 Å². The molecule has 1 saturated heterocycles. The second-order valence-electron chi connectivity index (χ2n) is 2.64. The Morgan fingerprint density at radius 3 is 3.09 bits per heavy atom. The van der Waals surface area contributed by atoms with Crippen molar-refractivity contribution in [3.8, 4) is 0 Å². The van der Waals surface area contributed by atoms with Gasteiger partial charge in [-0.2, -0.15) is 5.10 Å². The summed E-state index contributed by atoms with van der Waals surface area (Å²) in [5, 5.41) is 15.9. The van der Waals surface area contributed by atoms with E-state index in [1.807, 2.05) is 0 Å². The van der Waals surface area contributed by atoms with Crippen LogP contribution in [0, 0.1) is 0 Å². The van der Waals surface area contributed by atoms with Crippen molar-refractivity contribution in [3.63, 3.8) is 0 Å². The van der Waals surface area contributed by atoms with Gasteiger partial charge in [0.2, 0.25) is 0 Å². The summed E-state index contributed by atoms with van der Waals surface area (Å²) in [6.07, 6.45) is 3.18. The molecule has 1 fully saturated rings. The molecule has 0 amide bonds. The van der Waals surface area contributed by atoms with Crippen molar-refractivity contribution in [2.75, 3.05) is 13.2 Å². The minimum Gasteiger partial charge on any atom is -0.395 e. The molecule has 0 aromatic carbocycles. The number of aliphatic hydroxyl groups is 1. The highest BCUT2D eigenvalue weighted by atomic mass is 16.3. The van der Waals surface area contributed by atoms with Crippen molar-refractivity contribution in [3.05, 3.63) is 12.7 Å². The molecule has 0 unspecified atom stereocenters. The zero-order chi connectivity index (χ0) is 7.68. The number of hydrogen-bond donors (Lipinski definition) is 2.